The molecule has 1 N–H and O–H groups in total. The third kappa shape index (κ3) is 1.14. The predicted octanol–water partition coefficient (Wildman–Crippen LogP) is 4.47. The number of benzene rings is 3. The van der Waals surface area contributed by atoms with Crippen LogP contribution in [0.5, 0.6) is 0 Å². The van der Waals surface area contributed by atoms with Crippen LogP contribution in [0.2, 0.25) is 0 Å². The largest absolute Gasteiger partial charge is 0.361 e. The average molecular weight is 217 g/mol. The van der Waals surface area contributed by atoms with Crippen molar-refractivity contribution in [3.8, 4) is 0 Å². The van der Waals surface area contributed by atoms with E-state index in [0.29, 0.717) is 0 Å². The van der Waals surface area contributed by atoms with E-state index < -0.39 is 0 Å². The molecule has 80 valence electrons. The van der Waals surface area contributed by atoms with Crippen molar-refractivity contribution in [2.24, 2.45) is 0 Å². The van der Waals surface area contributed by atoms with E-state index in [2.05, 4.69) is 59.6 Å². The molecule has 1 heterocycles. The second-order valence-corrected chi connectivity index (χ2v) is 4.39. The molecule has 0 radical (unpaired) electrons. The maximum absolute atomic E-state index is 3.35. The molecule has 17 heavy (non-hydrogen) atoms. The highest BCUT2D eigenvalue weighted by Crippen LogP contribution is 2.30. The lowest BCUT2D eigenvalue weighted by atomic mass is 10.0. The highest BCUT2D eigenvalue weighted by Gasteiger charge is 2.04. The van der Waals surface area contributed by atoms with Crippen molar-refractivity contribution in [1.29, 1.82) is 0 Å². The van der Waals surface area contributed by atoms with E-state index in [1.165, 1.54) is 32.4 Å². The Hall–Kier alpha value is -2.28. The average Bonchev–Trinajstić information content (AvgIpc) is 2.86. The van der Waals surface area contributed by atoms with Gasteiger partial charge in [0.2, 0.25) is 0 Å². The number of aromatic nitrogens is 1. The fourth-order valence-electron chi connectivity index (χ4n) is 2.62. The lowest BCUT2D eigenvalue weighted by molar-refractivity contribution is 1.49. The summed E-state index contributed by atoms with van der Waals surface area (Å²) in [5.74, 6) is 0. The van der Waals surface area contributed by atoms with Crippen LogP contribution in [0.4, 0.5) is 0 Å². The van der Waals surface area contributed by atoms with Crippen molar-refractivity contribution in [3.63, 3.8) is 0 Å². The Morgan fingerprint density at radius 2 is 1.41 bits per heavy atom. The van der Waals surface area contributed by atoms with Gasteiger partial charge in [-0.25, -0.2) is 0 Å². The van der Waals surface area contributed by atoms with E-state index in [1.807, 2.05) is 6.20 Å². The van der Waals surface area contributed by atoms with Crippen LogP contribution in [0.25, 0.3) is 32.4 Å². The fraction of sp³-hybridized carbons (Fsp3) is 0. The maximum atomic E-state index is 3.35. The topological polar surface area (TPSA) is 15.8 Å². The van der Waals surface area contributed by atoms with Crippen molar-refractivity contribution in [3.05, 3.63) is 60.8 Å². The van der Waals surface area contributed by atoms with Crippen LogP contribution in [0.3, 0.4) is 0 Å². The summed E-state index contributed by atoms with van der Waals surface area (Å²) in [6, 6.07) is 19.4. The Bertz CT molecular complexity index is 840. The third-order valence-electron chi connectivity index (χ3n) is 3.43. The summed E-state index contributed by atoms with van der Waals surface area (Å²) in [5.41, 5.74) is 1.24. The predicted molar refractivity (Wildman–Crippen MR) is 73.3 cm³/mol. The first-order valence-electron chi connectivity index (χ1n) is 5.81. The van der Waals surface area contributed by atoms with Crippen LogP contribution in [0, 0.1) is 0 Å². The van der Waals surface area contributed by atoms with Gasteiger partial charge in [-0.2, -0.15) is 0 Å². The Morgan fingerprint density at radius 1 is 0.647 bits per heavy atom. The van der Waals surface area contributed by atoms with Gasteiger partial charge in [-0.3, -0.25) is 0 Å². The molecule has 0 amide bonds. The Balaban J connectivity index is 2.41. The lowest BCUT2D eigenvalue weighted by Crippen LogP contribution is -1.79. The van der Waals surface area contributed by atoms with Gasteiger partial charge in [-0.1, -0.05) is 48.5 Å². The van der Waals surface area contributed by atoms with Gasteiger partial charge in [-0.05, 0) is 22.2 Å². The van der Waals surface area contributed by atoms with Crippen LogP contribution >= 0.6 is 0 Å². The molecule has 0 atom stereocenters. The number of H-pyrrole nitrogens is 1. The van der Waals surface area contributed by atoms with Gasteiger partial charge in [0, 0.05) is 17.0 Å². The van der Waals surface area contributed by atoms with Crippen molar-refractivity contribution < 1.29 is 0 Å². The molecule has 0 aliphatic carbocycles. The summed E-state index contributed by atoms with van der Waals surface area (Å²) in [6.07, 6.45) is 2.01. The van der Waals surface area contributed by atoms with Crippen molar-refractivity contribution in [2.45, 2.75) is 0 Å². The van der Waals surface area contributed by atoms with E-state index in [1.54, 1.807) is 0 Å². The normalized spacial score (nSPS) is 11.5. The molecule has 4 aromatic rings. The number of aromatic amines is 1. The third-order valence-corrected chi connectivity index (χ3v) is 3.43. The van der Waals surface area contributed by atoms with Crippen LogP contribution in [-0.4, -0.2) is 4.98 Å². The number of rotatable bonds is 0. The van der Waals surface area contributed by atoms with E-state index in [0.717, 1.165) is 0 Å². The van der Waals surface area contributed by atoms with Crippen LogP contribution in [-0.2, 0) is 0 Å². The van der Waals surface area contributed by atoms with Crippen molar-refractivity contribution in [1.82, 2.24) is 4.98 Å². The molecule has 0 bridgehead atoms. The minimum Gasteiger partial charge on any atom is -0.361 e. The zero-order valence-electron chi connectivity index (χ0n) is 9.27. The smallest absolute Gasteiger partial charge is 0.0539 e. The van der Waals surface area contributed by atoms with Gasteiger partial charge < -0.3 is 4.98 Å². The van der Waals surface area contributed by atoms with Gasteiger partial charge in [0.1, 0.15) is 0 Å². The lowest BCUT2D eigenvalue weighted by Gasteiger charge is -2.05. The first-order chi connectivity index (χ1) is 8.43. The van der Waals surface area contributed by atoms with E-state index in [9.17, 15) is 0 Å². The SMILES string of the molecule is c1ccc2c(c1)ccc1ccc3cc[nH]c3c12. The highest BCUT2D eigenvalue weighted by molar-refractivity contribution is 6.18. The number of hydrogen-bond donors (Lipinski definition) is 1. The minimum absolute atomic E-state index is 1.24. The zero-order valence-corrected chi connectivity index (χ0v) is 9.27. The van der Waals surface area contributed by atoms with Gasteiger partial charge in [-0.15, -0.1) is 0 Å². The molecule has 1 nitrogen and oxygen atoms in total. The first kappa shape index (κ1) is 8.82. The number of nitrogens with one attached hydrogen (secondary N) is 1. The highest BCUT2D eigenvalue weighted by atomic mass is 14.7. The van der Waals surface area contributed by atoms with Gasteiger partial charge >= 0.3 is 0 Å². The minimum atomic E-state index is 1.24. The summed E-state index contributed by atoms with van der Waals surface area (Å²) in [6.45, 7) is 0. The first-order valence-corrected chi connectivity index (χ1v) is 5.81. The molecule has 0 aliphatic heterocycles. The molecule has 4 rings (SSSR count). The number of fused-ring (bicyclic) bond motifs is 5. The van der Waals surface area contributed by atoms with Crippen LogP contribution in [0.1, 0.15) is 0 Å². The van der Waals surface area contributed by atoms with Crippen LogP contribution < -0.4 is 0 Å². The molecule has 0 saturated heterocycles. The molecule has 0 fully saturated rings. The summed E-state index contributed by atoms with van der Waals surface area (Å²) in [7, 11) is 0. The summed E-state index contributed by atoms with van der Waals surface area (Å²) < 4.78 is 0. The van der Waals surface area contributed by atoms with Crippen molar-refractivity contribution in [2.75, 3.05) is 0 Å². The molecular weight excluding hydrogens is 206 g/mol. The molecule has 0 aliphatic rings. The fourth-order valence-corrected chi connectivity index (χ4v) is 2.62. The molecule has 1 heteroatoms. The Morgan fingerprint density at radius 3 is 2.35 bits per heavy atom. The van der Waals surface area contributed by atoms with Crippen LogP contribution in [0.15, 0.2) is 60.8 Å². The van der Waals surface area contributed by atoms with E-state index in [4.69, 9.17) is 0 Å². The van der Waals surface area contributed by atoms with E-state index in [-0.39, 0.29) is 0 Å². The summed E-state index contributed by atoms with van der Waals surface area (Å²) in [4.78, 5) is 3.35. The molecule has 3 aromatic carbocycles. The Kier molecular flexibility index (Phi) is 1.61. The quantitative estimate of drug-likeness (QED) is 0.418. The second-order valence-electron chi connectivity index (χ2n) is 4.39. The Labute approximate surface area is 98.7 Å². The zero-order chi connectivity index (χ0) is 11.2. The van der Waals surface area contributed by atoms with Gasteiger partial charge in [0.15, 0.2) is 0 Å². The van der Waals surface area contributed by atoms with Crippen molar-refractivity contribution >= 4 is 32.4 Å². The van der Waals surface area contributed by atoms with E-state index >= 15 is 0 Å². The van der Waals surface area contributed by atoms with Gasteiger partial charge in [0.25, 0.3) is 0 Å². The molecule has 0 unspecified atom stereocenters. The molecule has 0 spiro atoms. The molecular formula is C16H11N. The summed E-state index contributed by atoms with van der Waals surface area (Å²) >= 11 is 0. The summed E-state index contributed by atoms with van der Waals surface area (Å²) in [5, 5.41) is 6.50. The number of hydrogen-bond acceptors (Lipinski definition) is 0. The standard InChI is InChI=1S/C16H11N/c1-2-4-14-11(3-1)5-6-12-7-8-13-9-10-17-16(13)15(12)14/h1-10,17H. The monoisotopic (exact) mass is 217 g/mol. The molecule has 1 aromatic heterocycles. The molecule has 0 saturated carbocycles. The second kappa shape index (κ2) is 3.11. The van der Waals surface area contributed by atoms with Gasteiger partial charge in [0.05, 0.1) is 5.52 Å². The maximum Gasteiger partial charge on any atom is 0.0539 e.